The Labute approximate surface area is 112 Å². The van der Waals surface area contributed by atoms with Crippen molar-refractivity contribution in [2.45, 2.75) is 6.04 Å². The van der Waals surface area contributed by atoms with Gasteiger partial charge in [-0.1, -0.05) is 5.92 Å². The minimum atomic E-state index is -0.679. The predicted octanol–water partition coefficient (Wildman–Crippen LogP) is 1.14. The summed E-state index contributed by atoms with van der Waals surface area (Å²) in [6.45, 7) is 0.245. The molecule has 0 aromatic heterocycles. The van der Waals surface area contributed by atoms with E-state index in [1.807, 2.05) is 0 Å². The summed E-state index contributed by atoms with van der Waals surface area (Å²) in [5.74, 6) is 3.16. The van der Waals surface area contributed by atoms with E-state index in [9.17, 15) is 4.79 Å². The van der Waals surface area contributed by atoms with Crippen LogP contribution in [0.3, 0.4) is 0 Å². The summed E-state index contributed by atoms with van der Waals surface area (Å²) >= 11 is 0. The molecule has 19 heavy (non-hydrogen) atoms. The van der Waals surface area contributed by atoms with Gasteiger partial charge in [-0.2, -0.15) is 0 Å². The molecule has 0 spiro atoms. The molecule has 5 heteroatoms. The van der Waals surface area contributed by atoms with Crippen molar-refractivity contribution in [2.75, 3.05) is 27.9 Å². The van der Waals surface area contributed by atoms with Gasteiger partial charge in [0.1, 0.15) is 17.5 Å². The van der Waals surface area contributed by atoms with Gasteiger partial charge in [0.25, 0.3) is 0 Å². The van der Waals surface area contributed by atoms with E-state index >= 15 is 0 Å². The standard InChI is InChI=1S/C14H17NO4/c1-5-8-15-13(14(16)19-4)11-7-6-10(17-2)9-12(11)18-3/h1,6-7,9,13,15H,8H2,2-4H3. The van der Waals surface area contributed by atoms with Gasteiger partial charge < -0.3 is 14.2 Å². The van der Waals surface area contributed by atoms with Crippen molar-refractivity contribution in [3.63, 3.8) is 0 Å². The van der Waals surface area contributed by atoms with E-state index in [0.717, 1.165) is 0 Å². The average molecular weight is 263 g/mol. The van der Waals surface area contributed by atoms with Crippen LogP contribution in [0.2, 0.25) is 0 Å². The Bertz CT molecular complexity index is 479. The molecular formula is C14H17NO4. The molecule has 1 atom stereocenters. The fraction of sp³-hybridized carbons (Fsp3) is 0.357. The van der Waals surface area contributed by atoms with E-state index in [0.29, 0.717) is 17.1 Å². The SMILES string of the molecule is C#CCNC(C(=O)OC)c1ccc(OC)cc1OC. The summed E-state index contributed by atoms with van der Waals surface area (Å²) in [7, 11) is 4.40. The van der Waals surface area contributed by atoms with Crippen LogP contribution in [-0.4, -0.2) is 33.8 Å². The normalized spacial score (nSPS) is 11.3. The van der Waals surface area contributed by atoms with Gasteiger partial charge in [-0.25, -0.2) is 4.79 Å². The van der Waals surface area contributed by atoms with Crippen LogP contribution in [-0.2, 0) is 9.53 Å². The molecule has 0 aliphatic rings. The Morgan fingerprint density at radius 3 is 2.63 bits per heavy atom. The lowest BCUT2D eigenvalue weighted by atomic mass is 10.1. The predicted molar refractivity (Wildman–Crippen MR) is 71.1 cm³/mol. The Morgan fingerprint density at radius 1 is 1.37 bits per heavy atom. The number of methoxy groups -OCH3 is 3. The highest BCUT2D eigenvalue weighted by atomic mass is 16.5. The second kappa shape index (κ2) is 7.29. The summed E-state index contributed by atoms with van der Waals surface area (Å²) in [6.07, 6.45) is 5.20. The van der Waals surface area contributed by atoms with E-state index < -0.39 is 12.0 Å². The summed E-state index contributed by atoms with van der Waals surface area (Å²) in [6, 6.07) is 4.50. The van der Waals surface area contributed by atoms with Crippen molar-refractivity contribution in [1.82, 2.24) is 5.32 Å². The lowest BCUT2D eigenvalue weighted by Crippen LogP contribution is -2.30. The van der Waals surface area contributed by atoms with Gasteiger partial charge in [-0.3, -0.25) is 5.32 Å². The van der Waals surface area contributed by atoms with Crippen LogP contribution < -0.4 is 14.8 Å². The number of carbonyl (C=O) groups excluding carboxylic acids is 1. The maximum Gasteiger partial charge on any atom is 0.327 e. The van der Waals surface area contributed by atoms with Crippen LogP contribution >= 0.6 is 0 Å². The number of ether oxygens (including phenoxy) is 3. The molecule has 0 radical (unpaired) electrons. The summed E-state index contributed by atoms with van der Waals surface area (Å²) in [5, 5.41) is 2.92. The first-order chi connectivity index (χ1) is 9.17. The molecule has 0 aliphatic carbocycles. The van der Waals surface area contributed by atoms with Crippen LogP contribution in [0, 0.1) is 12.3 Å². The third kappa shape index (κ3) is 3.63. The molecule has 0 heterocycles. The number of carbonyl (C=O) groups is 1. The van der Waals surface area contributed by atoms with Gasteiger partial charge in [-0.15, -0.1) is 6.42 Å². The molecule has 1 aromatic rings. The van der Waals surface area contributed by atoms with Gasteiger partial charge >= 0.3 is 5.97 Å². The van der Waals surface area contributed by atoms with Crippen molar-refractivity contribution in [1.29, 1.82) is 0 Å². The van der Waals surface area contributed by atoms with Crippen LogP contribution in [0.15, 0.2) is 18.2 Å². The van der Waals surface area contributed by atoms with Gasteiger partial charge in [0.05, 0.1) is 27.9 Å². The van der Waals surface area contributed by atoms with Gasteiger partial charge in [-0.05, 0) is 12.1 Å². The third-order valence-electron chi connectivity index (χ3n) is 2.60. The molecule has 0 amide bonds. The number of hydrogen-bond donors (Lipinski definition) is 1. The smallest absolute Gasteiger partial charge is 0.327 e. The highest BCUT2D eigenvalue weighted by Gasteiger charge is 2.24. The first-order valence-corrected chi connectivity index (χ1v) is 5.64. The van der Waals surface area contributed by atoms with Crippen LogP contribution in [0.5, 0.6) is 11.5 Å². The molecule has 1 N–H and O–H groups in total. The van der Waals surface area contributed by atoms with Crippen molar-refractivity contribution in [2.24, 2.45) is 0 Å². The van der Waals surface area contributed by atoms with Gasteiger partial charge in [0.15, 0.2) is 0 Å². The lowest BCUT2D eigenvalue weighted by Gasteiger charge is -2.18. The molecule has 5 nitrogen and oxygen atoms in total. The number of nitrogens with one attached hydrogen (secondary N) is 1. The van der Waals surface area contributed by atoms with Crippen molar-refractivity contribution in [3.8, 4) is 23.8 Å². The number of hydrogen-bond acceptors (Lipinski definition) is 5. The molecule has 0 saturated carbocycles. The summed E-state index contributed by atoms with van der Waals surface area (Å²) in [4.78, 5) is 11.8. The van der Waals surface area contributed by atoms with Crippen molar-refractivity contribution < 1.29 is 19.0 Å². The Balaban J connectivity index is 3.14. The zero-order chi connectivity index (χ0) is 14.3. The Kier molecular flexibility index (Phi) is 5.71. The van der Waals surface area contributed by atoms with E-state index in [4.69, 9.17) is 20.6 Å². The van der Waals surface area contributed by atoms with E-state index in [1.54, 1.807) is 25.3 Å². The second-order valence-corrected chi connectivity index (χ2v) is 3.65. The molecule has 0 bridgehead atoms. The second-order valence-electron chi connectivity index (χ2n) is 3.65. The van der Waals surface area contributed by atoms with Gasteiger partial charge in [0.2, 0.25) is 0 Å². The minimum absolute atomic E-state index is 0.245. The fourth-order valence-corrected chi connectivity index (χ4v) is 1.66. The zero-order valence-electron chi connectivity index (χ0n) is 11.2. The molecule has 1 rings (SSSR count). The molecular weight excluding hydrogens is 246 g/mol. The highest BCUT2D eigenvalue weighted by molar-refractivity contribution is 5.78. The molecule has 1 aromatic carbocycles. The van der Waals surface area contributed by atoms with Crippen molar-refractivity contribution >= 4 is 5.97 Å². The molecule has 102 valence electrons. The molecule has 0 saturated heterocycles. The van der Waals surface area contributed by atoms with E-state index in [1.165, 1.54) is 14.2 Å². The van der Waals surface area contributed by atoms with Crippen molar-refractivity contribution in [3.05, 3.63) is 23.8 Å². The van der Waals surface area contributed by atoms with Crippen LogP contribution in [0.4, 0.5) is 0 Å². The first kappa shape index (κ1) is 14.9. The largest absolute Gasteiger partial charge is 0.497 e. The Hall–Kier alpha value is -2.19. The molecule has 0 fully saturated rings. The molecule has 1 unspecified atom stereocenters. The highest BCUT2D eigenvalue weighted by Crippen LogP contribution is 2.30. The number of esters is 1. The Morgan fingerprint density at radius 2 is 2.11 bits per heavy atom. The quantitative estimate of drug-likeness (QED) is 0.616. The van der Waals surface area contributed by atoms with Crippen LogP contribution in [0.25, 0.3) is 0 Å². The van der Waals surface area contributed by atoms with E-state index in [2.05, 4.69) is 11.2 Å². The first-order valence-electron chi connectivity index (χ1n) is 5.64. The summed E-state index contributed by atoms with van der Waals surface area (Å²) in [5.41, 5.74) is 0.644. The molecule has 0 aliphatic heterocycles. The topological polar surface area (TPSA) is 56.8 Å². The maximum absolute atomic E-state index is 11.8. The monoisotopic (exact) mass is 263 g/mol. The van der Waals surface area contributed by atoms with Gasteiger partial charge in [0, 0.05) is 11.6 Å². The minimum Gasteiger partial charge on any atom is -0.497 e. The maximum atomic E-state index is 11.8. The number of benzene rings is 1. The zero-order valence-corrected chi connectivity index (χ0v) is 11.2. The average Bonchev–Trinajstić information content (AvgIpc) is 2.47. The third-order valence-corrected chi connectivity index (χ3v) is 2.60. The number of rotatable bonds is 6. The fourth-order valence-electron chi connectivity index (χ4n) is 1.66. The number of terminal acetylenes is 1. The van der Waals surface area contributed by atoms with Crippen LogP contribution in [0.1, 0.15) is 11.6 Å². The van der Waals surface area contributed by atoms with E-state index in [-0.39, 0.29) is 6.54 Å². The lowest BCUT2D eigenvalue weighted by molar-refractivity contribution is -0.143. The summed E-state index contributed by atoms with van der Waals surface area (Å²) < 4.78 is 15.1.